The molecule has 0 saturated heterocycles. The first kappa shape index (κ1) is 32.3. The van der Waals surface area contributed by atoms with Crippen LogP contribution in [-0.4, -0.2) is 9.13 Å². The van der Waals surface area contributed by atoms with E-state index in [1.165, 1.54) is 106 Å². The van der Waals surface area contributed by atoms with Crippen LogP contribution in [0.25, 0.3) is 61.0 Å². The van der Waals surface area contributed by atoms with E-state index >= 15 is 0 Å². The second kappa shape index (κ2) is 12.4. The summed E-state index contributed by atoms with van der Waals surface area (Å²) in [7, 11) is 0. The van der Waals surface area contributed by atoms with Crippen LogP contribution in [0.2, 0.25) is 0 Å². The average Bonchev–Trinajstić information content (AvgIpc) is 3.85. The van der Waals surface area contributed by atoms with Gasteiger partial charge >= 0.3 is 0 Å². The van der Waals surface area contributed by atoms with Crippen molar-refractivity contribution >= 4 is 44.2 Å². The highest BCUT2D eigenvalue weighted by Crippen LogP contribution is 2.64. The number of hydrogen-bond acceptors (Lipinski definition) is 1. The molecule has 8 aromatic rings. The summed E-state index contributed by atoms with van der Waals surface area (Å²) in [5, 5.41) is 6.64. The Balaban J connectivity index is 1.17. The van der Waals surface area contributed by atoms with Gasteiger partial charge in [-0.05, 0) is 130 Å². The maximum atomic E-state index is 3.66. The third-order valence-corrected chi connectivity index (χ3v) is 13.7. The minimum atomic E-state index is 0.0462. The summed E-state index contributed by atoms with van der Waals surface area (Å²) in [5.74, 6) is 7.31. The van der Waals surface area contributed by atoms with Crippen LogP contribution in [-0.2, 0) is 12.8 Å². The number of hydrogen-bond donors (Lipinski definition) is 0. The van der Waals surface area contributed by atoms with Crippen LogP contribution in [0.4, 0.5) is 5.69 Å². The molecule has 0 radical (unpaired) electrons. The summed E-state index contributed by atoms with van der Waals surface area (Å²) < 4.78 is 5.17. The molecular weight excluding hydrogens is 703 g/mol. The van der Waals surface area contributed by atoms with Gasteiger partial charge in [-0.3, -0.25) is 0 Å². The van der Waals surface area contributed by atoms with Gasteiger partial charge in [0.2, 0.25) is 0 Å². The van der Waals surface area contributed by atoms with E-state index in [1.807, 2.05) is 0 Å². The van der Waals surface area contributed by atoms with Gasteiger partial charge in [0.05, 0.1) is 17.3 Å². The van der Waals surface area contributed by atoms with Crippen molar-refractivity contribution in [2.45, 2.75) is 56.9 Å². The molecule has 1 aliphatic heterocycles. The molecule has 0 N–H and O–H groups in total. The Kier molecular flexibility index (Phi) is 6.90. The number of rotatable bonds is 3. The van der Waals surface area contributed by atoms with Crippen molar-refractivity contribution in [1.29, 1.82) is 0 Å². The third-order valence-electron chi connectivity index (χ3n) is 13.7. The molecule has 58 heavy (non-hydrogen) atoms. The number of anilines is 1. The van der Waals surface area contributed by atoms with Crippen LogP contribution in [0.1, 0.15) is 83.4 Å². The number of aromatic nitrogens is 2. The number of nitrogens with zero attached hydrogens (tertiary/aromatic N) is 3. The van der Waals surface area contributed by atoms with Gasteiger partial charge in [-0.15, -0.1) is 0 Å². The standard InChI is InChI=1S/C55H41N3/c1-3-18-35(19-4-1)57-48-32-15-12-28-44(48)52-50-42-26-9-7-22-38(42)39-23-8-10-27-43(39)51(50)53-45-29-13-16-33-49(45)58(55(53)54(52)57)37-21-17-20-36(34-37)56-46-30-6-2-5-24-40(46)41-25-11-14-31-47(41)56/h1,3,7-13,15-18,20-23,25-29,32-34,52,54H,2,4-5,14,19,24,31H2. The number of benzene rings is 6. The van der Waals surface area contributed by atoms with Gasteiger partial charge in [-0.1, -0.05) is 121 Å². The molecule has 5 aliphatic rings. The zero-order chi connectivity index (χ0) is 37.9. The minimum absolute atomic E-state index is 0.0462. The Bertz CT molecular complexity index is 3240. The Morgan fingerprint density at radius 1 is 0.621 bits per heavy atom. The van der Waals surface area contributed by atoms with Gasteiger partial charge < -0.3 is 14.0 Å². The van der Waals surface area contributed by atoms with Crippen LogP contribution in [0.3, 0.4) is 0 Å². The summed E-state index contributed by atoms with van der Waals surface area (Å²) in [6.45, 7) is 0. The molecule has 0 bridgehead atoms. The van der Waals surface area contributed by atoms with Gasteiger partial charge in [0, 0.05) is 51.7 Å². The highest BCUT2D eigenvalue weighted by Gasteiger charge is 2.50. The number of fused-ring (bicyclic) bond motifs is 18. The molecular formula is C55H41N3. The SMILES string of the molecule is C1#Cc2c(c3c(n2-c2cccc(-n4c5c(c6ccccc64)-c4c(c6ccccc6c6ccccc46)C4c6ccccc6N(C6=CC=CCC6)C54)c2)CCC=C3)CCC1. The van der Waals surface area contributed by atoms with E-state index in [2.05, 4.69) is 178 Å². The van der Waals surface area contributed by atoms with Crippen molar-refractivity contribution in [2.24, 2.45) is 0 Å². The Hall–Kier alpha value is -6.76. The monoisotopic (exact) mass is 743 g/mol. The number of para-hydroxylation sites is 2. The predicted octanol–water partition coefficient (Wildman–Crippen LogP) is 13.3. The molecule has 0 amide bonds. The molecule has 0 saturated carbocycles. The van der Waals surface area contributed by atoms with Crippen molar-refractivity contribution in [3.05, 3.63) is 191 Å². The van der Waals surface area contributed by atoms with Crippen LogP contribution in [0.15, 0.2) is 151 Å². The van der Waals surface area contributed by atoms with Gasteiger partial charge in [0.25, 0.3) is 0 Å². The summed E-state index contributed by atoms with van der Waals surface area (Å²) >= 11 is 0. The summed E-state index contributed by atoms with van der Waals surface area (Å²) in [6, 6.07) is 46.2. The maximum absolute atomic E-state index is 3.66. The summed E-state index contributed by atoms with van der Waals surface area (Å²) in [5.41, 5.74) is 18.8. The lowest BCUT2D eigenvalue weighted by atomic mass is 9.72. The third kappa shape index (κ3) is 4.35. The largest absolute Gasteiger partial charge is 0.335 e. The van der Waals surface area contributed by atoms with Gasteiger partial charge in [-0.25, -0.2) is 0 Å². The predicted molar refractivity (Wildman–Crippen MR) is 240 cm³/mol. The minimum Gasteiger partial charge on any atom is -0.335 e. The zero-order valence-electron chi connectivity index (χ0n) is 32.4. The fraction of sp³-hybridized carbons (Fsp3) is 0.164. The second-order valence-corrected chi connectivity index (χ2v) is 16.6. The molecule has 2 unspecified atom stereocenters. The molecule has 0 fully saturated rings. The Labute approximate surface area is 338 Å². The molecule has 2 atom stereocenters. The van der Waals surface area contributed by atoms with Crippen molar-refractivity contribution in [2.75, 3.05) is 4.90 Å². The maximum Gasteiger partial charge on any atom is 0.101 e. The van der Waals surface area contributed by atoms with E-state index in [0.717, 1.165) is 44.9 Å². The molecule has 3 heterocycles. The fourth-order valence-electron chi connectivity index (χ4n) is 11.5. The van der Waals surface area contributed by atoms with Crippen molar-refractivity contribution in [1.82, 2.24) is 9.13 Å². The summed E-state index contributed by atoms with van der Waals surface area (Å²) in [4.78, 5) is 2.73. The van der Waals surface area contributed by atoms with Crippen molar-refractivity contribution in [3.8, 4) is 34.3 Å². The first-order chi connectivity index (χ1) is 28.8. The zero-order valence-corrected chi connectivity index (χ0v) is 32.4. The van der Waals surface area contributed by atoms with E-state index in [9.17, 15) is 0 Å². The highest BCUT2D eigenvalue weighted by molar-refractivity contribution is 6.20. The Morgan fingerprint density at radius 3 is 2.22 bits per heavy atom. The van der Waals surface area contributed by atoms with E-state index in [-0.39, 0.29) is 12.0 Å². The molecule has 4 aliphatic carbocycles. The van der Waals surface area contributed by atoms with Gasteiger partial charge in [-0.2, -0.15) is 0 Å². The van der Waals surface area contributed by atoms with Crippen molar-refractivity contribution < 1.29 is 0 Å². The van der Waals surface area contributed by atoms with E-state index in [4.69, 9.17) is 0 Å². The Morgan fingerprint density at radius 2 is 1.36 bits per heavy atom. The van der Waals surface area contributed by atoms with Crippen LogP contribution in [0, 0.1) is 11.8 Å². The van der Waals surface area contributed by atoms with Crippen LogP contribution >= 0.6 is 0 Å². The van der Waals surface area contributed by atoms with Crippen molar-refractivity contribution in [3.63, 3.8) is 0 Å². The van der Waals surface area contributed by atoms with Gasteiger partial charge in [0.15, 0.2) is 0 Å². The van der Waals surface area contributed by atoms with E-state index in [0.29, 0.717) is 0 Å². The fourth-order valence-corrected chi connectivity index (χ4v) is 11.5. The molecule has 3 heteroatoms. The average molecular weight is 744 g/mol. The van der Waals surface area contributed by atoms with E-state index in [1.54, 1.807) is 0 Å². The van der Waals surface area contributed by atoms with Gasteiger partial charge in [0.1, 0.15) is 5.69 Å². The molecule has 6 aromatic carbocycles. The quantitative estimate of drug-likeness (QED) is 0.130. The second-order valence-electron chi connectivity index (χ2n) is 16.6. The molecule has 3 nitrogen and oxygen atoms in total. The smallest absolute Gasteiger partial charge is 0.101 e. The summed E-state index contributed by atoms with van der Waals surface area (Å²) in [6.07, 6.45) is 19.0. The lowest BCUT2D eigenvalue weighted by molar-refractivity contribution is 0.599. The topological polar surface area (TPSA) is 13.1 Å². The molecule has 2 aromatic heterocycles. The van der Waals surface area contributed by atoms with Crippen LogP contribution < -0.4 is 4.90 Å². The highest BCUT2D eigenvalue weighted by atomic mass is 15.2. The molecule has 13 rings (SSSR count). The first-order valence-corrected chi connectivity index (χ1v) is 21.2. The van der Waals surface area contributed by atoms with E-state index < -0.39 is 0 Å². The normalized spacial score (nSPS) is 18.5. The molecule has 276 valence electrons. The number of allylic oxidation sites excluding steroid dienone is 5. The first-order valence-electron chi connectivity index (χ1n) is 21.2. The van der Waals surface area contributed by atoms with Crippen LogP contribution in [0.5, 0.6) is 0 Å². The molecule has 0 spiro atoms. The lowest BCUT2D eigenvalue weighted by Crippen LogP contribution is -2.31. The lowest BCUT2D eigenvalue weighted by Gasteiger charge is -2.39.